The molecule has 0 aromatic carbocycles. The van der Waals surface area contributed by atoms with E-state index in [1.165, 1.54) is 8.61 Å². The van der Waals surface area contributed by atoms with Gasteiger partial charge in [0, 0.05) is 52.2 Å². The molecule has 4 aliphatic rings. The van der Waals surface area contributed by atoms with E-state index in [4.69, 9.17) is 14.2 Å². The first-order valence-corrected chi connectivity index (χ1v) is 11.8. The summed E-state index contributed by atoms with van der Waals surface area (Å²) in [5, 5.41) is 2.95. The highest BCUT2D eigenvalue weighted by molar-refractivity contribution is 7.86. The summed E-state index contributed by atoms with van der Waals surface area (Å²) in [6, 6.07) is 0. The molecule has 1 amide bonds. The van der Waals surface area contributed by atoms with E-state index >= 15 is 0 Å². The Hall–Kier alpha value is -0.780. The monoisotopic (exact) mass is 417 g/mol. The molecule has 0 aliphatic carbocycles. The summed E-state index contributed by atoms with van der Waals surface area (Å²) in [6.07, 6.45) is 4.60. The van der Waals surface area contributed by atoms with E-state index in [9.17, 15) is 13.2 Å². The normalized spacial score (nSPS) is 32.0. The highest BCUT2D eigenvalue weighted by atomic mass is 32.2. The number of rotatable bonds is 5. The van der Waals surface area contributed by atoms with Crippen molar-refractivity contribution in [1.82, 2.24) is 13.9 Å². The first-order valence-electron chi connectivity index (χ1n) is 10.4. The lowest BCUT2D eigenvalue weighted by molar-refractivity contribution is -0.179. The largest absolute Gasteiger partial charge is 0.376 e. The first-order chi connectivity index (χ1) is 13.5. The third-order valence-electron chi connectivity index (χ3n) is 6.23. The fraction of sp³-hybridized carbons (Fsp3) is 0.944. The van der Waals surface area contributed by atoms with Crippen molar-refractivity contribution in [2.24, 2.45) is 5.92 Å². The van der Waals surface area contributed by atoms with Crippen molar-refractivity contribution >= 4 is 16.1 Å². The van der Waals surface area contributed by atoms with Crippen molar-refractivity contribution in [1.29, 1.82) is 0 Å². The van der Waals surface area contributed by atoms with Gasteiger partial charge in [0.1, 0.15) is 0 Å². The summed E-state index contributed by atoms with van der Waals surface area (Å²) in [5.41, 5.74) is 0. The van der Waals surface area contributed by atoms with Crippen molar-refractivity contribution in [2.75, 3.05) is 52.5 Å². The summed E-state index contributed by atoms with van der Waals surface area (Å²) >= 11 is 0. The Labute approximate surface area is 166 Å². The molecule has 0 aromatic heterocycles. The molecular weight excluding hydrogens is 386 g/mol. The number of carbonyl (C=O) groups excluding carboxylic acids is 1. The van der Waals surface area contributed by atoms with Crippen LogP contribution >= 0.6 is 0 Å². The minimum atomic E-state index is -3.58. The van der Waals surface area contributed by atoms with Gasteiger partial charge in [0.2, 0.25) is 5.91 Å². The van der Waals surface area contributed by atoms with E-state index in [1.54, 1.807) is 0 Å². The lowest BCUT2D eigenvalue weighted by Crippen LogP contribution is -2.54. The Morgan fingerprint density at radius 3 is 2.43 bits per heavy atom. The number of piperidine rings is 2. The van der Waals surface area contributed by atoms with Crippen LogP contribution < -0.4 is 5.32 Å². The maximum absolute atomic E-state index is 13.1. The van der Waals surface area contributed by atoms with E-state index in [2.05, 4.69) is 5.32 Å². The number of nitrogens with zero attached hydrogens (tertiary/aromatic N) is 2. The molecule has 10 heteroatoms. The number of hydrogen-bond acceptors (Lipinski definition) is 6. The van der Waals surface area contributed by atoms with Crippen LogP contribution in [-0.4, -0.2) is 87.4 Å². The van der Waals surface area contributed by atoms with Gasteiger partial charge >= 0.3 is 0 Å². The minimum absolute atomic E-state index is 0.0687. The third kappa shape index (κ3) is 4.36. The zero-order valence-electron chi connectivity index (χ0n) is 16.3. The molecule has 4 saturated heterocycles. The number of carbonyl (C=O) groups is 1. The lowest BCUT2D eigenvalue weighted by atomic mass is 9.99. The molecule has 1 N–H and O–H groups in total. The summed E-state index contributed by atoms with van der Waals surface area (Å²) in [5.74, 6) is -0.970. The van der Waals surface area contributed by atoms with Crippen LogP contribution in [0.1, 0.15) is 38.5 Å². The lowest BCUT2D eigenvalue weighted by Gasteiger charge is -2.40. The maximum atomic E-state index is 13.1. The first kappa shape index (κ1) is 20.5. The quantitative estimate of drug-likeness (QED) is 0.680. The van der Waals surface area contributed by atoms with E-state index < -0.39 is 16.0 Å². The molecule has 9 nitrogen and oxygen atoms in total. The predicted molar refractivity (Wildman–Crippen MR) is 101 cm³/mol. The van der Waals surface area contributed by atoms with Gasteiger partial charge in [-0.25, -0.2) is 0 Å². The van der Waals surface area contributed by atoms with Crippen LogP contribution in [0.3, 0.4) is 0 Å². The summed E-state index contributed by atoms with van der Waals surface area (Å²) in [4.78, 5) is 12.5. The van der Waals surface area contributed by atoms with E-state index in [-0.39, 0.29) is 24.5 Å². The van der Waals surface area contributed by atoms with Crippen molar-refractivity contribution in [2.45, 2.75) is 50.4 Å². The van der Waals surface area contributed by atoms with Gasteiger partial charge in [-0.05, 0) is 25.7 Å². The molecule has 0 saturated carbocycles. The summed E-state index contributed by atoms with van der Waals surface area (Å²) in [6.45, 7) is 3.88. The molecule has 0 radical (unpaired) electrons. The predicted octanol–water partition coefficient (Wildman–Crippen LogP) is 0.0773. The Bertz CT molecular complexity index is 650. The SMILES string of the molecule is O=C(NCC1CCCO1)C1CCCN(S(=O)(=O)N2CCC3(CC2)OCCO3)C1. The summed E-state index contributed by atoms with van der Waals surface area (Å²) in [7, 11) is -3.58. The average Bonchev–Trinajstić information content (AvgIpc) is 3.39. The second-order valence-electron chi connectivity index (χ2n) is 8.09. The standard InChI is InChI=1S/C18H31N3O6S/c22-17(19-13-16-4-2-10-25-16)15-3-1-7-21(14-15)28(23,24)20-8-5-18(6-9-20)26-11-12-27-18/h15-16H,1-14H2,(H,19,22). The van der Waals surface area contributed by atoms with Gasteiger partial charge < -0.3 is 19.5 Å². The average molecular weight is 418 g/mol. The Morgan fingerprint density at radius 1 is 1.00 bits per heavy atom. The smallest absolute Gasteiger partial charge is 0.282 e. The van der Waals surface area contributed by atoms with E-state index in [0.29, 0.717) is 65.1 Å². The maximum Gasteiger partial charge on any atom is 0.282 e. The fourth-order valence-electron chi connectivity index (χ4n) is 4.54. The van der Waals surface area contributed by atoms with Crippen LogP contribution in [0.2, 0.25) is 0 Å². The van der Waals surface area contributed by atoms with Crippen LogP contribution in [0.25, 0.3) is 0 Å². The molecule has 2 atom stereocenters. The Morgan fingerprint density at radius 2 is 1.75 bits per heavy atom. The topological polar surface area (TPSA) is 97.4 Å². The number of hydrogen-bond donors (Lipinski definition) is 1. The molecule has 0 aromatic rings. The third-order valence-corrected chi connectivity index (χ3v) is 8.24. The number of nitrogens with one attached hydrogen (secondary N) is 1. The molecule has 2 unspecified atom stereocenters. The van der Waals surface area contributed by atoms with Crippen LogP contribution in [0.5, 0.6) is 0 Å². The molecule has 4 aliphatic heterocycles. The zero-order chi connectivity index (χ0) is 19.6. The second-order valence-corrected chi connectivity index (χ2v) is 10.0. The van der Waals surface area contributed by atoms with Gasteiger partial charge in [0.25, 0.3) is 10.2 Å². The van der Waals surface area contributed by atoms with E-state index in [0.717, 1.165) is 19.4 Å². The van der Waals surface area contributed by atoms with Gasteiger partial charge in [-0.1, -0.05) is 0 Å². The summed E-state index contributed by atoms with van der Waals surface area (Å²) < 4.78 is 46.1. The highest BCUT2D eigenvalue weighted by Gasteiger charge is 2.44. The van der Waals surface area contributed by atoms with E-state index in [1.807, 2.05) is 0 Å². The Balaban J connectivity index is 1.30. The molecule has 160 valence electrons. The minimum Gasteiger partial charge on any atom is -0.376 e. The van der Waals surface area contributed by atoms with Crippen molar-refractivity contribution in [3.8, 4) is 0 Å². The molecule has 4 fully saturated rings. The fourth-order valence-corrected chi connectivity index (χ4v) is 6.24. The highest BCUT2D eigenvalue weighted by Crippen LogP contribution is 2.33. The molecule has 1 spiro atoms. The molecule has 28 heavy (non-hydrogen) atoms. The van der Waals surface area contributed by atoms with Crippen LogP contribution in [0.15, 0.2) is 0 Å². The van der Waals surface area contributed by atoms with Crippen molar-refractivity contribution in [3.63, 3.8) is 0 Å². The van der Waals surface area contributed by atoms with Crippen molar-refractivity contribution < 1.29 is 27.4 Å². The molecule has 4 heterocycles. The molecular formula is C18H31N3O6S. The van der Waals surface area contributed by atoms with Crippen molar-refractivity contribution in [3.05, 3.63) is 0 Å². The van der Waals surface area contributed by atoms with Gasteiger partial charge in [-0.3, -0.25) is 4.79 Å². The Kier molecular flexibility index (Phi) is 6.24. The van der Waals surface area contributed by atoms with Gasteiger partial charge in [0.05, 0.1) is 25.2 Å². The van der Waals surface area contributed by atoms with Crippen LogP contribution in [-0.2, 0) is 29.2 Å². The van der Waals surface area contributed by atoms with Gasteiger partial charge in [0.15, 0.2) is 5.79 Å². The van der Waals surface area contributed by atoms with Crippen LogP contribution in [0.4, 0.5) is 0 Å². The van der Waals surface area contributed by atoms with Gasteiger partial charge in [-0.15, -0.1) is 0 Å². The number of ether oxygens (including phenoxy) is 3. The number of amides is 1. The van der Waals surface area contributed by atoms with Gasteiger partial charge in [-0.2, -0.15) is 17.0 Å². The molecule has 4 rings (SSSR count). The zero-order valence-corrected chi connectivity index (χ0v) is 17.1. The second kappa shape index (κ2) is 8.53. The molecule has 0 bridgehead atoms. The van der Waals surface area contributed by atoms with Crippen LogP contribution in [0, 0.1) is 5.92 Å².